The molecule has 2 aromatic rings. The molecule has 140 valence electrons. The van der Waals surface area contributed by atoms with Crippen LogP contribution in [0.1, 0.15) is 47.2 Å². The van der Waals surface area contributed by atoms with Gasteiger partial charge in [-0.25, -0.2) is 0 Å². The Labute approximate surface area is 162 Å². The summed E-state index contributed by atoms with van der Waals surface area (Å²) in [7, 11) is 0. The van der Waals surface area contributed by atoms with E-state index in [2.05, 4.69) is 47.4 Å². The first-order valence-corrected chi connectivity index (χ1v) is 10.1. The van der Waals surface area contributed by atoms with Crippen LogP contribution in [0.4, 0.5) is 0 Å². The van der Waals surface area contributed by atoms with E-state index < -0.39 is 0 Å². The van der Waals surface area contributed by atoms with Crippen molar-refractivity contribution in [1.82, 2.24) is 9.80 Å². The highest BCUT2D eigenvalue weighted by atomic mass is 16.2. The molecule has 27 heavy (non-hydrogen) atoms. The van der Waals surface area contributed by atoms with Gasteiger partial charge >= 0.3 is 0 Å². The highest BCUT2D eigenvalue weighted by Crippen LogP contribution is 2.23. The lowest BCUT2D eigenvalue weighted by molar-refractivity contribution is 0.0773. The van der Waals surface area contributed by atoms with E-state index in [1.165, 1.54) is 49.1 Å². The summed E-state index contributed by atoms with van der Waals surface area (Å²) < 4.78 is 0. The molecule has 0 radical (unpaired) electrons. The van der Waals surface area contributed by atoms with Gasteiger partial charge in [-0.3, -0.25) is 9.69 Å². The Hall–Kier alpha value is -2.39. The summed E-state index contributed by atoms with van der Waals surface area (Å²) in [6, 6.07) is 18.7. The molecule has 1 saturated heterocycles. The van der Waals surface area contributed by atoms with Gasteiger partial charge in [0, 0.05) is 25.2 Å². The Morgan fingerprint density at radius 2 is 1.59 bits per heavy atom. The van der Waals surface area contributed by atoms with E-state index >= 15 is 0 Å². The van der Waals surface area contributed by atoms with Crippen LogP contribution in [0.15, 0.2) is 60.7 Å². The Kier molecular flexibility index (Phi) is 5.69. The minimum atomic E-state index is 0.142. The van der Waals surface area contributed by atoms with Crippen LogP contribution in [-0.2, 0) is 6.54 Å². The van der Waals surface area contributed by atoms with Crippen LogP contribution in [0.25, 0.3) is 5.57 Å². The van der Waals surface area contributed by atoms with Gasteiger partial charge in [-0.05, 0) is 61.2 Å². The lowest BCUT2D eigenvalue weighted by Gasteiger charge is -2.27. The number of benzene rings is 2. The predicted molar refractivity (Wildman–Crippen MR) is 111 cm³/mol. The zero-order valence-electron chi connectivity index (χ0n) is 15.9. The van der Waals surface area contributed by atoms with Crippen molar-refractivity contribution in [2.24, 2.45) is 0 Å². The molecule has 0 bridgehead atoms. The molecule has 1 fully saturated rings. The number of nitrogens with zero attached hydrogens (tertiary/aromatic N) is 2. The number of amides is 1. The second-order valence-electron chi connectivity index (χ2n) is 7.63. The number of rotatable bonds is 4. The zero-order valence-corrected chi connectivity index (χ0v) is 15.9. The Morgan fingerprint density at radius 3 is 2.26 bits per heavy atom. The van der Waals surface area contributed by atoms with Crippen molar-refractivity contribution in [2.45, 2.75) is 32.2 Å². The van der Waals surface area contributed by atoms with E-state index in [1.54, 1.807) is 0 Å². The van der Waals surface area contributed by atoms with Crippen LogP contribution >= 0.6 is 0 Å². The molecule has 0 spiro atoms. The average molecular weight is 361 g/mol. The molecule has 3 nitrogen and oxygen atoms in total. The molecular formula is C24H28N2O. The Bertz CT molecular complexity index is 789. The fraction of sp³-hybridized carbons (Fsp3) is 0.375. The number of piperidine rings is 1. The number of likely N-dealkylation sites (tertiary alicyclic amines) is 1. The molecule has 2 heterocycles. The van der Waals surface area contributed by atoms with Crippen LogP contribution in [0.5, 0.6) is 0 Å². The van der Waals surface area contributed by atoms with E-state index in [4.69, 9.17) is 0 Å². The smallest absolute Gasteiger partial charge is 0.254 e. The fourth-order valence-electron chi connectivity index (χ4n) is 4.08. The molecule has 0 unspecified atom stereocenters. The van der Waals surface area contributed by atoms with E-state index in [1.807, 2.05) is 23.1 Å². The topological polar surface area (TPSA) is 23.6 Å². The van der Waals surface area contributed by atoms with Crippen LogP contribution < -0.4 is 0 Å². The van der Waals surface area contributed by atoms with Crippen molar-refractivity contribution in [2.75, 3.05) is 26.2 Å². The van der Waals surface area contributed by atoms with Gasteiger partial charge in [-0.15, -0.1) is 0 Å². The highest BCUT2D eigenvalue weighted by Gasteiger charge is 2.19. The van der Waals surface area contributed by atoms with E-state index in [-0.39, 0.29) is 5.91 Å². The number of hydrogen-bond acceptors (Lipinski definition) is 2. The average Bonchev–Trinajstić information content (AvgIpc) is 2.75. The summed E-state index contributed by atoms with van der Waals surface area (Å²) in [5.41, 5.74) is 4.72. The van der Waals surface area contributed by atoms with Gasteiger partial charge in [0.05, 0.1) is 0 Å². The van der Waals surface area contributed by atoms with Crippen LogP contribution in [0.3, 0.4) is 0 Å². The third-order valence-corrected chi connectivity index (χ3v) is 5.70. The quantitative estimate of drug-likeness (QED) is 0.795. The lowest BCUT2D eigenvalue weighted by atomic mass is 9.99. The number of hydrogen-bond donors (Lipinski definition) is 0. The van der Waals surface area contributed by atoms with Gasteiger partial charge in [-0.2, -0.15) is 0 Å². The third-order valence-electron chi connectivity index (χ3n) is 5.70. The molecule has 4 rings (SSSR count). The first-order chi connectivity index (χ1) is 13.3. The summed E-state index contributed by atoms with van der Waals surface area (Å²) in [6.45, 7) is 4.88. The summed E-state index contributed by atoms with van der Waals surface area (Å²) >= 11 is 0. The maximum atomic E-state index is 12.8. The lowest BCUT2D eigenvalue weighted by Crippen LogP contribution is -2.34. The van der Waals surface area contributed by atoms with Gasteiger partial charge in [0.2, 0.25) is 0 Å². The van der Waals surface area contributed by atoms with Crippen LogP contribution in [0.2, 0.25) is 0 Å². The van der Waals surface area contributed by atoms with Crippen molar-refractivity contribution in [3.8, 4) is 0 Å². The summed E-state index contributed by atoms with van der Waals surface area (Å²) in [5, 5.41) is 0. The maximum Gasteiger partial charge on any atom is 0.254 e. The van der Waals surface area contributed by atoms with Gasteiger partial charge in [0.1, 0.15) is 0 Å². The second-order valence-corrected chi connectivity index (χ2v) is 7.63. The zero-order chi connectivity index (χ0) is 18.5. The molecule has 1 amide bonds. The van der Waals surface area contributed by atoms with Gasteiger partial charge in [-0.1, -0.05) is 55.0 Å². The fourth-order valence-corrected chi connectivity index (χ4v) is 4.08. The monoisotopic (exact) mass is 360 g/mol. The maximum absolute atomic E-state index is 12.8. The van der Waals surface area contributed by atoms with Gasteiger partial charge in [0.25, 0.3) is 5.91 Å². The molecular weight excluding hydrogens is 332 g/mol. The number of carbonyl (C=O) groups is 1. The molecule has 2 aromatic carbocycles. The first kappa shape index (κ1) is 18.0. The van der Waals surface area contributed by atoms with E-state index in [0.717, 1.165) is 25.1 Å². The normalized spacial score (nSPS) is 18.2. The van der Waals surface area contributed by atoms with Gasteiger partial charge < -0.3 is 4.90 Å². The predicted octanol–water partition coefficient (Wildman–Crippen LogP) is 4.60. The Morgan fingerprint density at radius 1 is 0.852 bits per heavy atom. The van der Waals surface area contributed by atoms with E-state index in [0.29, 0.717) is 6.54 Å². The molecule has 0 saturated carbocycles. The van der Waals surface area contributed by atoms with Crippen molar-refractivity contribution in [1.29, 1.82) is 0 Å². The number of carbonyl (C=O) groups excluding carboxylic acids is 1. The molecule has 0 aromatic heterocycles. The summed E-state index contributed by atoms with van der Waals surface area (Å²) in [5.74, 6) is 0.142. The summed E-state index contributed by atoms with van der Waals surface area (Å²) in [6.07, 6.45) is 7.10. The molecule has 0 atom stereocenters. The largest absolute Gasteiger partial charge is 0.335 e. The van der Waals surface area contributed by atoms with E-state index in [9.17, 15) is 4.79 Å². The van der Waals surface area contributed by atoms with Crippen molar-refractivity contribution < 1.29 is 4.79 Å². The molecule has 0 aliphatic carbocycles. The SMILES string of the molecule is O=C(c1ccc(CN2CCCCC2)cc1)N1CC=C(c2ccccc2)CC1. The van der Waals surface area contributed by atoms with Crippen LogP contribution in [0, 0.1) is 0 Å². The molecule has 2 aliphatic rings. The van der Waals surface area contributed by atoms with Crippen molar-refractivity contribution >= 4 is 11.5 Å². The standard InChI is InChI=1S/C24H28N2O/c27-24(26-17-13-22(14-18-26)21-7-3-1-4-8-21)23-11-9-20(10-12-23)19-25-15-5-2-6-16-25/h1,3-4,7-13H,2,5-6,14-19H2. The Balaban J connectivity index is 1.36. The highest BCUT2D eigenvalue weighted by molar-refractivity contribution is 5.94. The molecule has 2 aliphatic heterocycles. The van der Waals surface area contributed by atoms with Gasteiger partial charge in [0.15, 0.2) is 0 Å². The van der Waals surface area contributed by atoms with Crippen molar-refractivity contribution in [3.63, 3.8) is 0 Å². The van der Waals surface area contributed by atoms with Crippen LogP contribution in [-0.4, -0.2) is 41.9 Å². The first-order valence-electron chi connectivity index (χ1n) is 10.1. The molecule has 3 heteroatoms. The third kappa shape index (κ3) is 4.48. The van der Waals surface area contributed by atoms with Crippen molar-refractivity contribution in [3.05, 3.63) is 77.4 Å². The minimum Gasteiger partial charge on any atom is -0.335 e. The second kappa shape index (κ2) is 8.53. The minimum absolute atomic E-state index is 0.142. The molecule has 0 N–H and O–H groups in total. The summed E-state index contributed by atoms with van der Waals surface area (Å²) in [4.78, 5) is 17.3.